The SMILES string of the molecule is CCCC(CCC)=NNC(=O)C(=O)Nc1ccc(C)c(C)c1. The minimum absolute atomic E-state index is 0.606. The number of aryl methyl sites for hydroxylation is 2. The second kappa shape index (κ2) is 8.97. The topological polar surface area (TPSA) is 70.6 Å². The number of anilines is 1. The molecule has 0 atom stereocenters. The van der Waals surface area contributed by atoms with E-state index in [9.17, 15) is 9.59 Å². The van der Waals surface area contributed by atoms with Crippen molar-refractivity contribution < 1.29 is 9.59 Å². The van der Waals surface area contributed by atoms with Crippen LogP contribution in [-0.4, -0.2) is 17.5 Å². The van der Waals surface area contributed by atoms with E-state index in [4.69, 9.17) is 0 Å². The molecule has 0 aliphatic heterocycles. The first-order valence-electron chi connectivity index (χ1n) is 7.71. The summed E-state index contributed by atoms with van der Waals surface area (Å²) in [6.07, 6.45) is 3.58. The van der Waals surface area contributed by atoms with E-state index in [1.54, 1.807) is 6.07 Å². The van der Waals surface area contributed by atoms with E-state index in [1.807, 2.05) is 26.0 Å². The van der Waals surface area contributed by atoms with Crippen LogP contribution in [0.2, 0.25) is 0 Å². The van der Waals surface area contributed by atoms with Crippen LogP contribution in [0, 0.1) is 13.8 Å². The van der Waals surface area contributed by atoms with Gasteiger partial charge in [0.1, 0.15) is 0 Å². The standard InChI is InChI=1S/C17H25N3O2/c1-5-7-14(8-6-2)19-20-17(22)16(21)18-15-10-9-12(3)13(4)11-15/h9-11H,5-8H2,1-4H3,(H,18,21)(H,20,22). The lowest BCUT2D eigenvalue weighted by molar-refractivity contribution is -0.136. The fourth-order valence-corrected chi connectivity index (χ4v) is 2.00. The summed E-state index contributed by atoms with van der Waals surface area (Å²) < 4.78 is 0. The lowest BCUT2D eigenvalue weighted by Gasteiger charge is -2.07. The number of carbonyl (C=O) groups is 2. The van der Waals surface area contributed by atoms with E-state index in [-0.39, 0.29) is 0 Å². The van der Waals surface area contributed by atoms with Crippen molar-refractivity contribution in [1.29, 1.82) is 0 Å². The van der Waals surface area contributed by atoms with Gasteiger partial charge in [-0.3, -0.25) is 9.59 Å². The minimum Gasteiger partial charge on any atom is -0.318 e. The lowest BCUT2D eigenvalue weighted by Crippen LogP contribution is -2.33. The van der Waals surface area contributed by atoms with Gasteiger partial charge in [-0.1, -0.05) is 32.8 Å². The molecule has 1 aromatic rings. The molecule has 1 aromatic carbocycles. The predicted molar refractivity (Wildman–Crippen MR) is 89.9 cm³/mol. The number of hydrazone groups is 1. The Kier molecular flexibility index (Phi) is 7.29. The van der Waals surface area contributed by atoms with E-state index in [1.165, 1.54) is 0 Å². The van der Waals surface area contributed by atoms with Crippen molar-refractivity contribution in [1.82, 2.24) is 5.43 Å². The highest BCUT2D eigenvalue weighted by Gasteiger charge is 2.13. The van der Waals surface area contributed by atoms with Crippen molar-refractivity contribution in [2.45, 2.75) is 53.4 Å². The molecular weight excluding hydrogens is 278 g/mol. The summed E-state index contributed by atoms with van der Waals surface area (Å²) in [5.41, 5.74) is 6.05. The number of benzene rings is 1. The molecule has 2 amide bonds. The summed E-state index contributed by atoms with van der Waals surface area (Å²) in [4.78, 5) is 23.6. The molecule has 120 valence electrons. The van der Waals surface area contributed by atoms with Crippen LogP contribution in [0.5, 0.6) is 0 Å². The van der Waals surface area contributed by atoms with E-state index in [2.05, 4.69) is 29.7 Å². The first-order valence-corrected chi connectivity index (χ1v) is 7.71. The van der Waals surface area contributed by atoms with Crippen molar-refractivity contribution in [3.8, 4) is 0 Å². The summed E-state index contributed by atoms with van der Waals surface area (Å²) >= 11 is 0. The molecule has 5 nitrogen and oxygen atoms in total. The number of carbonyl (C=O) groups excluding carboxylic acids is 2. The molecule has 0 spiro atoms. The van der Waals surface area contributed by atoms with Gasteiger partial charge in [-0.05, 0) is 49.9 Å². The molecule has 5 heteroatoms. The predicted octanol–water partition coefficient (Wildman–Crippen LogP) is 3.31. The second-order valence-electron chi connectivity index (χ2n) is 5.37. The van der Waals surface area contributed by atoms with Crippen molar-refractivity contribution in [3.63, 3.8) is 0 Å². The van der Waals surface area contributed by atoms with E-state index < -0.39 is 11.8 Å². The maximum atomic E-state index is 11.8. The molecule has 2 N–H and O–H groups in total. The van der Waals surface area contributed by atoms with Crippen LogP contribution in [0.1, 0.15) is 50.7 Å². The van der Waals surface area contributed by atoms with Crippen molar-refractivity contribution >= 4 is 23.2 Å². The van der Waals surface area contributed by atoms with Crippen LogP contribution < -0.4 is 10.7 Å². The summed E-state index contributed by atoms with van der Waals surface area (Å²) in [6.45, 7) is 8.06. The van der Waals surface area contributed by atoms with Gasteiger partial charge in [-0.2, -0.15) is 5.10 Å². The van der Waals surface area contributed by atoms with Crippen LogP contribution in [0.25, 0.3) is 0 Å². The van der Waals surface area contributed by atoms with Crippen molar-refractivity contribution in [2.75, 3.05) is 5.32 Å². The molecule has 0 aromatic heterocycles. The summed E-state index contributed by atoms with van der Waals surface area (Å²) in [5, 5.41) is 6.63. The van der Waals surface area contributed by atoms with Gasteiger partial charge in [0.2, 0.25) is 0 Å². The van der Waals surface area contributed by atoms with Gasteiger partial charge < -0.3 is 5.32 Å². The van der Waals surface area contributed by atoms with Gasteiger partial charge >= 0.3 is 11.8 Å². The number of hydrogen-bond donors (Lipinski definition) is 2. The molecule has 0 unspecified atom stereocenters. The molecule has 0 heterocycles. The number of hydrogen-bond acceptors (Lipinski definition) is 3. The molecule has 0 saturated heterocycles. The highest BCUT2D eigenvalue weighted by Crippen LogP contribution is 2.13. The molecule has 0 aliphatic carbocycles. The number of rotatable bonds is 6. The van der Waals surface area contributed by atoms with Crippen molar-refractivity contribution in [2.24, 2.45) is 5.10 Å². The zero-order valence-corrected chi connectivity index (χ0v) is 13.8. The zero-order chi connectivity index (χ0) is 16.5. The summed E-state index contributed by atoms with van der Waals surface area (Å²) in [6, 6.07) is 5.52. The average molecular weight is 303 g/mol. The Bertz CT molecular complexity index is 557. The Labute approximate surface area is 132 Å². The van der Waals surface area contributed by atoms with Gasteiger partial charge in [0.15, 0.2) is 0 Å². The van der Waals surface area contributed by atoms with Gasteiger partial charge in [0.25, 0.3) is 0 Å². The van der Waals surface area contributed by atoms with Crippen LogP contribution in [0.15, 0.2) is 23.3 Å². The van der Waals surface area contributed by atoms with Crippen LogP contribution in [-0.2, 0) is 9.59 Å². The molecule has 22 heavy (non-hydrogen) atoms. The average Bonchev–Trinajstić information content (AvgIpc) is 2.48. The fourth-order valence-electron chi connectivity index (χ4n) is 2.00. The molecule has 0 radical (unpaired) electrons. The number of nitrogens with zero attached hydrogens (tertiary/aromatic N) is 1. The van der Waals surface area contributed by atoms with E-state index in [0.29, 0.717) is 5.69 Å². The molecule has 0 bridgehead atoms. The Morgan fingerprint density at radius 1 is 1.00 bits per heavy atom. The fraction of sp³-hybridized carbons (Fsp3) is 0.471. The Hall–Kier alpha value is -2.17. The minimum atomic E-state index is -0.747. The van der Waals surface area contributed by atoms with Crippen LogP contribution >= 0.6 is 0 Å². The third-order valence-corrected chi connectivity index (χ3v) is 3.36. The van der Waals surface area contributed by atoms with Gasteiger partial charge in [0.05, 0.1) is 0 Å². The maximum absolute atomic E-state index is 11.8. The van der Waals surface area contributed by atoms with Gasteiger partial charge in [-0.25, -0.2) is 5.43 Å². The Balaban J connectivity index is 2.62. The quantitative estimate of drug-likeness (QED) is 0.481. The maximum Gasteiger partial charge on any atom is 0.329 e. The van der Waals surface area contributed by atoms with Crippen LogP contribution in [0.4, 0.5) is 5.69 Å². The Morgan fingerprint density at radius 2 is 1.64 bits per heavy atom. The monoisotopic (exact) mass is 303 g/mol. The highest BCUT2D eigenvalue weighted by molar-refractivity contribution is 6.39. The largest absolute Gasteiger partial charge is 0.329 e. The van der Waals surface area contributed by atoms with Crippen molar-refractivity contribution in [3.05, 3.63) is 29.3 Å². The molecular formula is C17H25N3O2. The lowest BCUT2D eigenvalue weighted by atomic mass is 10.1. The molecule has 0 fully saturated rings. The first-order chi connectivity index (χ1) is 10.5. The Morgan fingerprint density at radius 3 is 2.18 bits per heavy atom. The smallest absolute Gasteiger partial charge is 0.318 e. The third kappa shape index (κ3) is 5.68. The molecule has 0 aliphatic rings. The highest BCUT2D eigenvalue weighted by atomic mass is 16.2. The van der Waals surface area contributed by atoms with Crippen LogP contribution in [0.3, 0.4) is 0 Å². The second-order valence-corrected chi connectivity index (χ2v) is 5.37. The third-order valence-electron chi connectivity index (χ3n) is 3.36. The normalized spacial score (nSPS) is 10.0. The van der Waals surface area contributed by atoms with E-state index >= 15 is 0 Å². The van der Waals surface area contributed by atoms with E-state index in [0.717, 1.165) is 42.5 Å². The first kappa shape index (κ1) is 17.9. The number of nitrogens with one attached hydrogen (secondary N) is 2. The summed E-state index contributed by atoms with van der Waals surface area (Å²) in [7, 11) is 0. The summed E-state index contributed by atoms with van der Waals surface area (Å²) in [5.74, 6) is -1.46. The zero-order valence-electron chi connectivity index (χ0n) is 13.8. The molecule has 1 rings (SSSR count). The molecule has 0 saturated carbocycles. The van der Waals surface area contributed by atoms with Gasteiger partial charge in [-0.15, -0.1) is 0 Å². The van der Waals surface area contributed by atoms with Gasteiger partial charge in [0, 0.05) is 11.4 Å². The number of amides is 2.